The third-order valence-corrected chi connectivity index (χ3v) is 2.27. The fourth-order valence-corrected chi connectivity index (χ4v) is 1.40. The van der Waals surface area contributed by atoms with Crippen molar-refractivity contribution < 1.29 is 14.6 Å². The number of aromatic hydroxyl groups is 1. The number of benzene rings is 1. The molecule has 0 unspecified atom stereocenters. The molecule has 0 heterocycles. The molecule has 6 heteroatoms. The number of aldehydes is 1. The average Bonchev–Trinajstić information content (AvgIpc) is 2.39. The van der Waals surface area contributed by atoms with E-state index in [2.05, 4.69) is 10.0 Å². The van der Waals surface area contributed by atoms with Crippen molar-refractivity contribution in [3.8, 4) is 11.5 Å². The number of ether oxygens (including phenoxy) is 1. The van der Waals surface area contributed by atoms with Gasteiger partial charge in [0.1, 0.15) is 0 Å². The number of methoxy groups -OCH3 is 1. The number of carbonyl (C=O) groups is 1. The summed E-state index contributed by atoms with van der Waals surface area (Å²) in [5.74, 6) is 0.223. The SMILES string of the molecule is COc1cc(C=CCCN=[N+]=[N-])c(C=O)cc1O. The highest BCUT2D eigenvalue weighted by molar-refractivity contribution is 5.83. The van der Waals surface area contributed by atoms with Gasteiger partial charge in [0.05, 0.1) is 7.11 Å². The predicted molar refractivity (Wildman–Crippen MR) is 67.7 cm³/mol. The van der Waals surface area contributed by atoms with Crippen LogP contribution >= 0.6 is 0 Å². The quantitative estimate of drug-likeness (QED) is 0.275. The summed E-state index contributed by atoms with van der Waals surface area (Å²) in [7, 11) is 1.44. The van der Waals surface area contributed by atoms with Crippen LogP contribution in [0.2, 0.25) is 0 Å². The van der Waals surface area contributed by atoms with Gasteiger partial charge in [-0.1, -0.05) is 17.3 Å². The summed E-state index contributed by atoms with van der Waals surface area (Å²) in [5, 5.41) is 12.9. The molecular weight excluding hydrogens is 234 g/mol. The Morgan fingerprint density at radius 3 is 2.89 bits per heavy atom. The van der Waals surface area contributed by atoms with Crippen LogP contribution < -0.4 is 4.74 Å². The number of phenols is 1. The Hall–Kier alpha value is -2.46. The zero-order valence-corrected chi connectivity index (χ0v) is 9.91. The molecule has 18 heavy (non-hydrogen) atoms. The normalized spacial score (nSPS) is 10.1. The molecule has 0 saturated heterocycles. The zero-order chi connectivity index (χ0) is 13.4. The summed E-state index contributed by atoms with van der Waals surface area (Å²) >= 11 is 0. The summed E-state index contributed by atoms with van der Waals surface area (Å²) in [5.41, 5.74) is 9.12. The highest BCUT2D eigenvalue weighted by Crippen LogP contribution is 2.29. The van der Waals surface area contributed by atoms with E-state index in [0.717, 1.165) is 0 Å². The Kier molecular flexibility index (Phi) is 5.28. The molecule has 0 radical (unpaired) electrons. The van der Waals surface area contributed by atoms with Gasteiger partial charge < -0.3 is 9.84 Å². The first-order valence-electron chi connectivity index (χ1n) is 5.26. The molecule has 1 N–H and O–H groups in total. The molecule has 0 bridgehead atoms. The summed E-state index contributed by atoms with van der Waals surface area (Å²) in [6.45, 7) is 0.360. The van der Waals surface area contributed by atoms with E-state index in [4.69, 9.17) is 10.3 Å². The molecule has 94 valence electrons. The van der Waals surface area contributed by atoms with Crippen LogP contribution in [0.15, 0.2) is 23.3 Å². The molecule has 0 atom stereocenters. The Bertz CT molecular complexity index is 506. The lowest BCUT2D eigenvalue weighted by Gasteiger charge is -2.06. The number of carbonyl (C=O) groups excluding carboxylic acids is 1. The van der Waals surface area contributed by atoms with E-state index in [1.54, 1.807) is 18.2 Å². The van der Waals surface area contributed by atoms with E-state index >= 15 is 0 Å². The van der Waals surface area contributed by atoms with Crippen molar-refractivity contribution in [3.05, 3.63) is 39.8 Å². The molecule has 6 nitrogen and oxygen atoms in total. The summed E-state index contributed by atoms with van der Waals surface area (Å²) in [4.78, 5) is 13.5. The fraction of sp³-hybridized carbons (Fsp3) is 0.250. The van der Waals surface area contributed by atoms with E-state index in [0.29, 0.717) is 36.1 Å². The van der Waals surface area contributed by atoms with Crippen LogP contribution in [0.25, 0.3) is 16.5 Å². The lowest BCUT2D eigenvalue weighted by Crippen LogP contribution is -1.90. The van der Waals surface area contributed by atoms with Crippen LogP contribution in [0.4, 0.5) is 0 Å². The van der Waals surface area contributed by atoms with Gasteiger partial charge in [-0.25, -0.2) is 0 Å². The molecule has 1 aromatic carbocycles. The van der Waals surface area contributed by atoms with Crippen molar-refractivity contribution in [1.82, 2.24) is 0 Å². The molecule has 0 spiro atoms. The number of nitrogens with zero attached hydrogens (tertiary/aromatic N) is 3. The van der Waals surface area contributed by atoms with Crippen LogP contribution in [0, 0.1) is 0 Å². The average molecular weight is 247 g/mol. The maximum Gasteiger partial charge on any atom is 0.161 e. The Balaban J connectivity index is 2.92. The van der Waals surface area contributed by atoms with Gasteiger partial charge in [0.2, 0.25) is 0 Å². The highest BCUT2D eigenvalue weighted by Gasteiger charge is 2.06. The van der Waals surface area contributed by atoms with E-state index in [1.807, 2.05) is 0 Å². The van der Waals surface area contributed by atoms with Crippen LogP contribution in [0.3, 0.4) is 0 Å². The Morgan fingerprint density at radius 2 is 2.28 bits per heavy atom. The lowest BCUT2D eigenvalue weighted by molar-refractivity contribution is 0.112. The first kappa shape index (κ1) is 13.6. The van der Waals surface area contributed by atoms with E-state index in [1.165, 1.54) is 13.2 Å². The van der Waals surface area contributed by atoms with Gasteiger partial charge in [0, 0.05) is 17.0 Å². The van der Waals surface area contributed by atoms with Crippen LogP contribution in [0.1, 0.15) is 22.3 Å². The van der Waals surface area contributed by atoms with Gasteiger partial charge in [-0.15, -0.1) is 0 Å². The maximum atomic E-state index is 10.9. The van der Waals surface area contributed by atoms with E-state index in [-0.39, 0.29) is 5.75 Å². The fourth-order valence-electron chi connectivity index (χ4n) is 1.40. The van der Waals surface area contributed by atoms with E-state index in [9.17, 15) is 9.90 Å². The molecule has 0 aliphatic rings. The van der Waals surface area contributed by atoms with Crippen molar-refractivity contribution in [2.45, 2.75) is 6.42 Å². The standard InChI is InChI=1S/C12H13N3O3/c1-18-12-7-9(4-2-3-5-14-15-13)10(8-16)6-11(12)17/h2,4,6-8,17H,3,5H2,1H3. The Labute approximate surface area is 104 Å². The maximum absolute atomic E-state index is 10.9. The van der Waals surface area contributed by atoms with Gasteiger partial charge in [0.25, 0.3) is 0 Å². The smallest absolute Gasteiger partial charge is 0.161 e. The first-order chi connectivity index (χ1) is 8.72. The second kappa shape index (κ2) is 6.98. The number of hydrogen-bond acceptors (Lipinski definition) is 4. The molecule has 0 fully saturated rings. The van der Waals surface area contributed by atoms with Gasteiger partial charge in [-0.05, 0) is 29.6 Å². The van der Waals surface area contributed by atoms with E-state index < -0.39 is 0 Å². The number of rotatable bonds is 6. The molecular formula is C12H13N3O3. The molecule has 0 amide bonds. The van der Waals surface area contributed by atoms with Crippen molar-refractivity contribution in [3.63, 3.8) is 0 Å². The highest BCUT2D eigenvalue weighted by atomic mass is 16.5. The van der Waals surface area contributed by atoms with Crippen molar-refractivity contribution in [1.29, 1.82) is 0 Å². The molecule has 1 aromatic rings. The second-order valence-corrected chi connectivity index (χ2v) is 3.42. The molecule has 0 saturated carbocycles. The van der Waals surface area contributed by atoms with Crippen LogP contribution in [-0.4, -0.2) is 25.0 Å². The topological polar surface area (TPSA) is 95.3 Å². The third kappa shape index (κ3) is 3.54. The van der Waals surface area contributed by atoms with Crippen LogP contribution in [0.5, 0.6) is 11.5 Å². The van der Waals surface area contributed by atoms with Gasteiger partial charge in [-0.2, -0.15) is 0 Å². The zero-order valence-electron chi connectivity index (χ0n) is 9.91. The first-order valence-corrected chi connectivity index (χ1v) is 5.26. The van der Waals surface area contributed by atoms with Gasteiger partial charge in [0.15, 0.2) is 17.8 Å². The minimum atomic E-state index is -0.0779. The predicted octanol–water partition coefficient (Wildman–Crippen LogP) is 2.93. The van der Waals surface area contributed by atoms with Crippen LogP contribution in [-0.2, 0) is 0 Å². The van der Waals surface area contributed by atoms with Crippen molar-refractivity contribution >= 4 is 12.4 Å². The minimum Gasteiger partial charge on any atom is -0.504 e. The van der Waals surface area contributed by atoms with Crippen molar-refractivity contribution in [2.24, 2.45) is 5.11 Å². The molecule has 0 aliphatic heterocycles. The number of azide groups is 1. The van der Waals surface area contributed by atoms with Gasteiger partial charge >= 0.3 is 0 Å². The van der Waals surface area contributed by atoms with Gasteiger partial charge in [-0.3, -0.25) is 4.79 Å². The summed E-state index contributed by atoms with van der Waals surface area (Å²) in [6, 6.07) is 2.92. The number of hydrogen-bond donors (Lipinski definition) is 1. The molecule has 0 aliphatic carbocycles. The second-order valence-electron chi connectivity index (χ2n) is 3.42. The summed E-state index contributed by atoms with van der Waals surface area (Å²) < 4.78 is 4.96. The number of phenolic OH excluding ortho intramolecular Hbond substituents is 1. The molecule has 0 aromatic heterocycles. The third-order valence-electron chi connectivity index (χ3n) is 2.27. The minimum absolute atomic E-state index is 0.0779. The lowest BCUT2D eigenvalue weighted by atomic mass is 10.1. The Morgan fingerprint density at radius 1 is 1.50 bits per heavy atom. The monoisotopic (exact) mass is 247 g/mol. The van der Waals surface area contributed by atoms with Crippen molar-refractivity contribution in [2.75, 3.05) is 13.7 Å². The summed E-state index contributed by atoms with van der Waals surface area (Å²) in [6.07, 6.45) is 4.74. The largest absolute Gasteiger partial charge is 0.504 e. The molecule has 1 rings (SSSR count).